The van der Waals surface area contributed by atoms with Crippen LogP contribution in [0, 0.1) is 5.92 Å². The first-order valence-corrected chi connectivity index (χ1v) is 12.0. The summed E-state index contributed by atoms with van der Waals surface area (Å²) < 4.78 is 1.41. The maximum absolute atomic E-state index is 13.5. The van der Waals surface area contributed by atoms with Gasteiger partial charge in [0.25, 0.3) is 5.56 Å². The molecule has 9 nitrogen and oxygen atoms in total. The Bertz CT molecular complexity index is 1430. The molecule has 0 bridgehead atoms. The van der Waals surface area contributed by atoms with Crippen molar-refractivity contribution in [3.8, 4) is 0 Å². The van der Waals surface area contributed by atoms with Crippen molar-refractivity contribution in [2.75, 3.05) is 4.90 Å². The van der Waals surface area contributed by atoms with Gasteiger partial charge in [-0.3, -0.25) is 29.2 Å². The molecule has 35 heavy (non-hydrogen) atoms. The molecule has 3 aromatic rings. The van der Waals surface area contributed by atoms with Crippen molar-refractivity contribution in [2.24, 2.45) is 5.92 Å². The highest BCUT2D eigenvalue weighted by molar-refractivity contribution is 6.02. The van der Waals surface area contributed by atoms with E-state index in [2.05, 4.69) is 15.6 Å². The number of amides is 2. The summed E-state index contributed by atoms with van der Waals surface area (Å²) in [5, 5.41) is 18.8. The van der Waals surface area contributed by atoms with E-state index in [-0.39, 0.29) is 36.3 Å². The largest absolute Gasteiger partial charge is 0.381 e. The average Bonchev–Trinajstić information content (AvgIpc) is 3.28. The van der Waals surface area contributed by atoms with Crippen molar-refractivity contribution in [3.63, 3.8) is 0 Å². The molecular formula is C26H27N5O4. The van der Waals surface area contributed by atoms with Crippen LogP contribution in [0.3, 0.4) is 0 Å². The van der Waals surface area contributed by atoms with Gasteiger partial charge in [0.05, 0.1) is 29.2 Å². The van der Waals surface area contributed by atoms with Gasteiger partial charge < -0.3 is 10.4 Å². The second-order valence-corrected chi connectivity index (χ2v) is 10.1. The minimum Gasteiger partial charge on any atom is -0.381 e. The van der Waals surface area contributed by atoms with E-state index in [1.807, 2.05) is 32.0 Å². The third-order valence-corrected chi connectivity index (χ3v) is 7.36. The van der Waals surface area contributed by atoms with E-state index < -0.39 is 23.9 Å². The van der Waals surface area contributed by atoms with Crippen LogP contribution < -0.4 is 21.1 Å². The summed E-state index contributed by atoms with van der Waals surface area (Å²) in [6, 6.07) is 12.8. The van der Waals surface area contributed by atoms with Crippen molar-refractivity contribution in [2.45, 2.75) is 57.1 Å². The number of aromatic nitrogens is 2. The molecule has 4 atom stereocenters. The van der Waals surface area contributed by atoms with Gasteiger partial charge in [0, 0.05) is 12.0 Å². The number of carbonyl (C=O) groups excluding carboxylic acids is 2. The number of aliphatic hydroxyl groups is 1. The van der Waals surface area contributed by atoms with Crippen molar-refractivity contribution in [3.05, 3.63) is 70.3 Å². The van der Waals surface area contributed by atoms with E-state index in [0.717, 1.165) is 0 Å². The Labute approximate surface area is 201 Å². The maximum Gasteiger partial charge on any atom is 0.262 e. The van der Waals surface area contributed by atoms with Crippen LogP contribution in [0.5, 0.6) is 0 Å². The molecule has 0 spiro atoms. The van der Waals surface area contributed by atoms with Crippen LogP contribution in [0.25, 0.3) is 10.9 Å². The lowest BCUT2D eigenvalue weighted by atomic mass is 9.85. The predicted octanol–water partition coefficient (Wildman–Crippen LogP) is 1.54. The van der Waals surface area contributed by atoms with Crippen LogP contribution in [0.4, 0.5) is 5.69 Å². The number of benzene rings is 2. The fourth-order valence-corrected chi connectivity index (χ4v) is 5.82. The topological polar surface area (TPSA) is 117 Å². The second kappa shape index (κ2) is 7.73. The molecule has 1 aromatic heterocycles. The highest BCUT2D eigenvalue weighted by Crippen LogP contribution is 2.49. The van der Waals surface area contributed by atoms with Crippen LogP contribution in [0.2, 0.25) is 0 Å². The number of fused-ring (bicyclic) bond motifs is 5. The number of carbonyl (C=O) groups is 2. The van der Waals surface area contributed by atoms with Crippen molar-refractivity contribution >= 4 is 28.4 Å². The number of anilines is 1. The van der Waals surface area contributed by atoms with Gasteiger partial charge in [-0.2, -0.15) is 0 Å². The third-order valence-electron chi connectivity index (χ3n) is 7.36. The molecule has 3 aliphatic rings. The molecule has 9 heteroatoms. The zero-order valence-electron chi connectivity index (χ0n) is 19.6. The fraction of sp³-hybridized carbons (Fsp3) is 0.385. The lowest BCUT2D eigenvalue weighted by Gasteiger charge is -2.36. The lowest BCUT2D eigenvalue weighted by Crippen LogP contribution is -2.53. The van der Waals surface area contributed by atoms with E-state index in [9.17, 15) is 19.5 Å². The molecule has 0 aliphatic carbocycles. The molecule has 0 radical (unpaired) electrons. The number of hydrogen-bond acceptors (Lipinski definition) is 6. The number of hydrogen-bond donors (Lipinski definition) is 3. The minimum absolute atomic E-state index is 0.0847. The molecule has 1 saturated heterocycles. The minimum atomic E-state index is -1.58. The van der Waals surface area contributed by atoms with Gasteiger partial charge in [0.1, 0.15) is 23.6 Å². The highest BCUT2D eigenvalue weighted by Gasteiger charge is 2.59. The van der Waals surface area contributed by atoms with Crippen LogP contribution in [-0.4, -0.2) is 38.7 Å². The van der Waals surface area contributed by atoms with Crippen LogP contribution in [-0.2, 0) is 21.7 Å². The molecule has 2 amide bonds. The smallest absolute Gasteiger partial charge is 0.262 e. The molecule has 3 aliphatic heterocycles. The first-order valence-electron chi connectivity index (χ1n) is 12.0. The van der Waals surface area contributed by atoms with Gasteiger partial charge in [-0.25, -0.2) is 4.98 Å². The van der Waals surface area contributed by atoms with Crippen molar-refractivity contribution < 1.29 is 14.7 Å². The second-order valence-electron chi connectivity index (χ2n) is 10.1. The number of para-hydroxylation sites is 2. The Balaban J connectivity index is 1.46. The standard InChI is InChI=1S/C26H27N5O4/c1-14(2)11-18-24(34)31-19-10-6-4-8-16(19)26(35,25(31)29-18)12-20-22(32)27-13-21-28-17-9-5-3-7-15(17)23(33)30(20)21/h3-10,14,18,20,25,29,35H,11-13H2,1-2H3,(H,27,32)/t18-,20+,25-,26-/m1/s1. The Kier molecular flexibility index (Phi) is 4.84. The monoisotopic (exact) mass is 473 g/mol. The average molecular weight is 474 g/mol. The van der Waals surface area contributed by atoms with Gasteiger partial charge >= 0.3 is 0 Å². The summed E-state index contributed by atoms with van der Waals surface area (Å²) >= 11 is 0. The van der Waals surface area contributed by atoms with Gasteiger partial charge in [0.2, 0.25) is 11.8 Å². The van der Waals surface area contributed by atoms with Crippen LogP contribution in [0.15, 0.2) is 53.3 Å². The molecule has 0 saturated carbocycles. The summed E-state index contributed by atoms with van der Waals surface area (Å²) in [6.45, 7) is 4.23. The molecule has 4 heterocycles. The molecular weight excluding hydrogens is 446 g/mol. The summed E-state index contributed by atoms with van der Waals surface area (Å²) in [5.41, 5.74) is -0.140. The van der Waals surface area contributed by atoms with Gasteiger partial charge in [-0.05, 0) is 30.5 Å². The molecule has 3 N–H and O–H groups in total. The van der Waals surface area contributed by atoms with Crippen LogP contribution in [0.1, 0.15) is 44.1 Å². The maximum atomic E-state index is 13.5. The first kappa shape index (κ1) is 21.9. The number of nitrogens with zero attached hydrogens (tertiary/aromatic N) is 3. The van der Waals surface area contributed by atoms with Gasteiger partial charge in [-0.15, -0.1) is 0 Å². The normalized spacial score (nSPS) is 27.2. The zero-order valence-corrected chi connectivity index (χ0v) is 19.6. The zero-order chi connectivity index (χ0) is 24.5. The van der Waals surface area contributed by atoms with Gasteiger partial charge in [0.15, 0.2) is 0 Å². The van der Waals surface area contributed by atoms with E-state index >= 15 is 0 Å². The molecule has 180 valence electrons. The van der Waals surface area contributed by atoms with E-state index in [1.165, 1.54) is 4.57 Å². The van der Waals surface area contributed by atoms with Crippen molar-refractivity contribution in [1.29, 1.82) is 0 Å². The summed E-state index contributed by atoms with van der Waals surface area (Å²) in [5.74, 6) is 0.279. The summed E-state index contributed by atoms with van der Waals surface area (Å²) in [6.07, 6.45) is -0.191. The third kappa shape index (κ3) is 3.15. The first-order chi connectivity index (χ1) is 16.8. The van der Waals surface area contributed by atoms with E-state index in [0.29, 0.717) is 34.4 Å². The van der Waals surface area contributed by atoms with E-state index in [1.54, 1.807) is 35.2 Å². The molecule has 2 aromatic carbocycles. The fourth-order valence-electron chi connectivity index (χ4n) is 5.82. The Morgan fingerprint density at radius 2 is 1.86 bits per heavy atom. The highest BCUT2D eigenvalue weighted by atomic mass is 16.3. The quantitative estimate of drug-likeness (QED) is 0.529. The van der Waals surface area contributed by atoms with Crippen molar-refractivity contribution in [1.82, 2.24) is 20.2 Å². The molecule has 0 unspecified atom stereocenters. The molecule has 1 fully saturated rings. The molecule has 6 rings (SSSR count). The number of nitrogens with one attached hydrogen (secondary N) is 2. The Morgan fingerprint density at radius 1 is 1.11 bits per heavy atom. The predicted molar refractivity (Wildman–Crippen MR) is 129 cm³/mol. The Morgan fingerprint density at radius 3 is 2.66 bits per heavy atom. The SMILES string of the molecule is CC(C)C[C@H]1N[C@@H]2N(C1=O)c1ccccc1[C@]2(O)C[C@H]1C(=O)NCc2nc3ccccc3c(=O)n21. The Hall–Kier alpha value is -3.56. The van der Waals surface area contributed by atoms with Crippen LogP contribution >= 0.6 is 0 Å². The van der Waals surface area contributed by atoms with Gasteiger partial charge in [-0.1, -0.05) is 44.2 Å². The van der Waals surface area contributed by atoms with E-state index in [4.69, 9.17) is 0 Å². The summed E-state index contributed by atoms with van der Waals surface area (Å²) in [7, 11) is 0. The number of rotatable bonds is 4. The lowest BCUT2D eigenvalue weighted by molar-refractivity contribution is -0.128. The summed E-state index contributed by atoms with van der Waals surface area (Å²) in [4.78, 5) is 46.2.